The van der Waals surface area contributed by atoms with Crippen LogP contribution in [0, 0.1) is 13.8 Å². The average molecular weight is 568 g/mol. The van der Waals surface area contributed by atoms with Crippen LogP contribution in [0.4, 0.5) is 5.69 Å². The summed E-state index contributed by atoms with van der Waals surface area (Å²) in [4.78, 5) is 10.9. The molecule has 0 bridgehead atoms. The van der Waals surface area contributed by atoms with Gasteiger partial charge >= 0.3 is 5.97 Å². The zero-order valence-corrected chi connectivity index (χ0v) is 24.2. The van der Waals surface area contributed by atoms with Crippen molar-refractivity contribution in [3.05, 3.63) is 76.9 Å². The Bertz CT molecular complexity index is 1430. The van der Waals surface area contributed by atoms with E-state index < -0.39 is 27.7 Å². The van der Waals surface area contributed by atoms with Crippen molar-refractivity contribution in [2.24, 2.45) is 0 Å². The number of sulfonamides is 1. The van der Waals surface area contributed by atoms with Gasteiger partial charge < -0.3 is 19.3 Å². The molecule has 2 N–H and O–H groups in total. The van der Waals surface area contributed by atoms with E-state index >= 15 is 0 Å². The van der Waals surface area contributed by atoms with Crippen LogP contribution >= 0.6 is 0 Å². The second-order valence-electron chi connectivity index (χ2n) is 10.1. The topological polar surface area (TPSA) is 111 Å². The number of aliphatic carboxylic acids is 1. The van der Waals surface area contributed by atoms with Crippen molar-refractivity contribution in [3.8, 4) is 22.6 Å². The molecule has 9 heteroatoms. The molecule has 214 valence electrons. The van der Waals surface area contributed by atoms with E-state index in [9.17, 15) is 13.2 Å². The summed E-state index contributed by atoms with van der Waals surface area (Å²) in [6.45, 7) is 9.31. The van der Waals surface area contributed by atoms with Gasteiger partial charge in [-0.15, -0.1) is 0 Å². The first-order chi connectivity index (χ1) is 19.1. The Kier molecular flexibility index (Phi) is 9.37. The van der Waals surface area contributed by atoms with Crippen LogP contribution in [0.2, 0.25) is 0 Å². The van der Waals surface area contributed by atoms with E-state index in [2.05, 4.69) is 48.9 Å². The first-order valence-electron chi connectivity index (χ1n) is 13.5. The fraction of sp³-hybridized carbons (Fsp3) is 0.387. The lowest BCUT2D eigenvalue weighted by molar-refractivity contribution is -0.136. The summed E-state index contributed by atoms with van der Waals surface area (Å²) >= 11 is 0. The highest BCUT2D eigenvalue weighted by atomic mass is 32.2. The van der Waals surface area contributed by atoms with Crippen molar-refractivity contribution in [1.82, 2.24) is 0 Å². The molecule has 0 fully saturated rings. The van der Waals surface area contributed by atoms with Gasteiger partial charge in [0.05, 0.1) is 18.3 Å². The number of hydrogen-bond acceptors (Lipinski definition) is 6. The molecule has 8 nitrogen and oxygen atoms in total. The molecule has 2 atom stereocenters. The minimum absolute atomic E-state index is 0.116. The molecule has 0 aromatic heterocycles. The highest BCUT2D eigenvalue weighted by Gasteiger charge is 2.28. The maximum atomic E-state index is 12.4. The van der Waals surface area contributed by atoms with E-state index in [0.29, 0.717) is 31.3 Å². The van der Waals surface area contributed by atoms with Gasteiger partial charge in [-0.3, -0.25) is 9.52 Å². The van der Waals surface area contributed by atoms with Gasteiger partial charge in [-0.05, 0) is 110 Å². The first-order valence-corrected chi connectivity index (χ1v) is 15.1. The standard InChI is InChI=1S/C31H37NO7S/c1-5-37-15-16-38-25-17-20(2)31(21(3)18-25)28-8-6-7-27-26(28)13-14-29(27)39-24-11-9-23(10-12-24)32-40(35,36)22(4)19-30(33)34/h6-12,17-18,22,29,32H,5,13-16,19H2,1-4H3,(H,33,34)/t22?,29-/m1/s1. The number of benzene rings is 3. The fourth-order valence-corrected chi connectivity index (χ4v) is 6.18. The smallest absolute Gasteiger partial charge is 0.304 e. The van der Waals surface area contributed by atoms with Gasteiger partial charge in [-0.25, -0.2) is 8.42 Å². The van der Waals surface area contributed by atoms with Gasteiger partial charge in [-0.2, -0.15) is 0 Å². The molecule has 0 spiro atoms. The molecule has 0 amide bonds. The SMILES string of the molecule is CCOCCOc1cc(C)c(-c2cccc3c2CC[C@H]3Oc2ccc(NS(=O)(=O)C(C)CC(=O)O)cc2)c(C)c1. The number of fused-ring (bicyclic) bond motifs is 1. The van der Waals surface area contributed by atoms with Crippen molar-refractivity contribution in [1.29, 1.82) is 0 Å². The summed E-state index contributed by atoms with van der Waals surface area (Å²) in [5, 5.41) is 7.85. The van der Waals surface area contributed by atoms with Crippen LogP contribution in [0.15, 0.2) is 54.6 Å². The predicted molar refractivity (Wildman–Crippen MR) is 156 cm³/mol. The molecular weight excluding hydrogens is 530 g/mol. The molecule has 3 aromatic carbocycles. The summed E-state index contributed by atoms with van der Waals surface area (Å²) in [5.74, 6) is 0.311. The van der Waals surface area contributed by atoms with Crippen molar-refractivity contribution < 1.29 is 32.5 Å². The Balaban J connectivity index is 1.48. The number of rotatable bonds is 13. The molecule has 1 aliphatic carbocycles. The van der Waals surface area contributed by atoms with Crippen molar-refractivity contribution in [2.45, 2.75) is 58.3 Å². The summed E-state index contributed by atoms with van der Waals surface area (Å²) in [6, 6.07) is 17.2. The number of aryl methyl sites for hydroxylation is 2. The second kappa shape index (κ2) is 12.7. The van der Waals surface area contributed by atoms with Crippen LogP contribution in [0.5, 0.6) is 11.5 Å². The highest BCUT2D eigenvalue weighted by Crippen LogP contribution is 2.42. The number of carboxylic acid groups (broad SMARTS) is 1. The van der Waals surface area contributed by atoms with Gasteiger partial charge in [0, 0.05) is 12.3 Å². The lowest BCUT2D eigenvalue weighted by Gasteiger charge is -2.18. The molecule has 1 unspecified atom stereocenters. The van der Waals surface area contributed by atoms with Crippen molar-refractivity contribution in [2.75, 3.05) is 24.5 Å². The molecule has 0 radical (unpaired) electrons. The summed E-state index contributed by atoms with van der Waals surface area (Å²) < 4.78 is 44.9. The normalized spacial score (nSPS) is 15.3. The zero-order valence-electron chi connectivity index (χ0n) is 23.4. The maximum Gasteiger partial charge on any atom is 0.304 e. The van der Waals surface area contributed by atoms with Gasteiger partial charge in [-0.1, -0.05) is 18.2 Å². The van der Waals surface area contributed by atoms with Crippen LogP contribution in [-0.4, -0.2) is 44.6 Å². The Morgan fingerprint density at radius 3 is 2.40 bits per heavy atom. The number of anilines is 1. The summed E-state index contributed by atoms with van der Waals surface area (Å²) in [5.41, 5.74) is 7.51. The number of hydrogen-bond donors (Lipinski definition) is 2. The van der Waals surface area contributed by atoms with Crippen molar-refractivity contribution in [3.63, 3.8) is 0 Å². The van der Waals surface area contributed by atoms with Gasteiger partial charge in [0.1, 0.15) is 24.2 Å². The lowest BCUT2D eigenvalue weighted by atomic mass is 9.90. The zero-order chi connectivity index (χ0) is 28.9. The highest BCUT2D eigenvalue weighted by molar-refractivity contribution is 7.93. The Hall–Kier alpha value is -3.56. The fourth-order valence-electron chi connectivity index (χ4n) is 5.15. The number of carboxylic acids is 1. The lowest BCUT2D eigenvalue weighted by Crippen LogP contribution is -2.27. The Morgan fingerprint density at radius 2 is 1.75 bits per heavy atom. The Morgan fingerprint density at radius 1 is 1.05 bits per heavy atom. The first kappa shape index (κ1) is 29.4. The molecule has 1 aliphatic rings. The minimum atomic E-state index is -3.82. The van der Waals surface area contributed by atoms with Gasteiger partial charge in [0.25, 0.3) is 0 Å². The molecular formula is C31H37NO7S. The molecule has 0 heterocycles. The van der Waals surface area contributed by atoms with Crippen LogP contribution in [-0.2, 0) is 26.0 Å². The molecule has 0 saturated heterocycles. The van der Waals surface area contributed by atoms with E-state index in [-0.39, 0.29) is 6.10 Å². The van der Waals surface area contributed by atoms with Crippen molar-refractivity contribution >= 4 is 21.7 Å². The van der Waals surface area contributed by atoms with Gasteiger partial charge in [0.2, 0.25) is 10.0 Å². The third kappa shape index (κ3) is 6.95. The molecule has 3 aromatic rings. The minimum Gasteiger partial charge on any atom is -0.491 e. The van der Waals surface area contributed by atoms with E-state index in [1.807, 2.05) is 6.92 Å². The third-order valence-electron chi connectivity index (χ3n) is 7.08. The summed E-state index contributed by atoms with van der Waals surface area (Å²) in [6.07, 6.45) is 1.14. The average Bonchev–Trinajstić information content (AvgIpc) is 3.30. The van der Waals surface area contributed by atoms with Crippen LogP contribution < -0.4 is 14.2 Å². The quantitative estimate of drug-likeness (QED) is 0.242. The molecule has 0 saturated carbocycles. The maximum absolute atomic E-state index is 12.4. The monoisotopic (exact) mass is 567 g/mol. The van der Waals surface area contributed by atoms with E-state index in [0.717, 1.165) is 35.3 Å². The molecule has 40 heavy (non-hydrogen) atoms. The van der Waals surface area contributed by atoms with E-state index in [1.54, 1.807) is 24.3 Å². The summed E-state index contributed by atoms with van der Waals surface area (Å²) in [7, 11) is -3.82. The van der Waals surface area contributed by atoms with Gasteiger partial charge in [0.15, 0.2) is 0 Å². The number of ether oxygens (including phenoxy) is 3. The predicted octanol–water partition coefficient (Wildman–Crippen LogP) is 6.06. The molecule has 0 aliphatic heterocycles. The number of nitrogens with one attached hydrogen (secondary N) is 1. The molecule has 4 rings (SSSR count). The largest absolute Gasteiger partial charge is 0.491 e. The van der Waals surface area contributed by atoms with E-state index in [1.165, 1.54) is 23.6 Å². The second-order valence-corrected chi connectivity index (χ2v) is 12.2. The van der Waals surface area contributed by atoms with Crippen LogP contribution in [0.25, 0.3) is 11.1 Å². The third-order valence-corrected chi connectivity index (χ3v) is 8.82. The Labute approximate surface area is 236 Å². The van der Waals surface area contributed by atoms with Crippen LogP contribution in [0.1, 0.15) is 55.0 Å². The van der Waals surface area contributed by atoms with E-state index in [4.69, 9.17) is 19.3 Å². The number of carbonyl (C=O) groups is 1. The van der Waals surface area contributed by atoms with Crippen LogP contribution in [0.3, 0.4) is 0 Å².